The molecular formula is C7ClF12O. The smallest absolute Gasteiger partial charge is 0.285 e. The molecule has 0 amide bonds. The zero-order valence-corrected chi connectivity index (χ0v) is 9.58. The summed E-state index contributed by atoms with van der Waals surface area (Å²) in [6, 6.07) is 0. The van der Waals surface area contributed by atoms with Crippen LogP contribution in [0.3, 0.4) is 0 Å². The van der Waals surface area contributed by atoms with Crippen LogP contribution in [0.4, 0.5) is 52.7 Å². The first kappa shape index (κ1) is 20.1. The standard InChI is InChI=1S/C7ClF12O/c8-2(9,1-21)3(10,11)4(12,13)5(14,15)6(16,17)7(18,19)20. The lowest BCUT2D eigenvalue weighted by molar-refractivity contribution is -0.426. The Morgan fingerprint density at radius 2 is 0.857 bits per heavy atom. The lowest BCUT2D eigenvalue weighted by Gasteiger charge is -2.38. The molecular weight excluding hydrogens is 364 g/mol. The molecule has 0 heterocycles. The van der Waals surface area contributed by atoms with E-state index in [9.17, 15) is 57.5 Å². The average Bonchev–Trinajstić information content (AvgIpc) is 2.26. The number of hydrogen-bond donors (Lipinski definition) is 0. The summed E-state index contributed by atoms with van der Waals surface area (Å²) in [4.78, 5) is 9.59. The lowest BCUT2D eigenvalue weighted by Crippen LogP contribution is -2.70. The summed E-state index contributed by atoms with van der Waals surface area (Å²) in [6.45, 7) is 0. The molecule has 21 heavy (non-hydrogen) atoms. The van der Waals surface area contributed by atoms with E-state index in [2.05, 4.69) is 11.6 Å². The molecule has 1 unspecified atom stereocenters. The van der Waals surface area contributed by atoms with Crippen LogP contribution in [0.25, 0.3) is 0 Å². The summed E-state index contributed by atoms with van der Waals surface area (Å²) in [5.41, 5.74) is 0. The molecule has 0 bridgehead atoms. The van der Waals surface area contributed by atoms with Crippen LogP contribution in [-0.2, 0) is 4.79 Å². The van der Waals surface area contributed by atoms with Gasteiger partial charge in [-0.3, -0.25) is 4.79 Å². The molecule has 0 spiro atoms. The van der Waals surface area contributed by atoms with Crippen LogP contribution >= 0.6 is 11.6 Å². The maximum Gasteiger partial charge on any atom is 0.460 e. The van der Waals surface area contributed by atoms with Gasteiger partial charge in [0.1, 0.15) is 0 Å². The van der Waals surface area contributed by atoms with Crippen molar-refractivity contribution in [3.05, 3.63) is 0 Å². The highest BCUT2D eigenvalue weighted by molar-refractivity contribution is 6.31. The van der Waals surface area contributed by atoms with E-state index >= 15 is 0 Å². The Kier molecular flexibility index (Phi) is 4.61. The van der Waals surface area contributed by atoms with E-state index < -0.39 is 41.3 Å². The van der Waals surface area contributed by atoms with E-state index in [4.69, 9.17) is 0 Å². The first-order valence-electron chi connectivity index (χ1n) is 4.16. The predicted molar refractivity (Wildman–Crippen MR) is 41.2 cm³/mol. The lowest BCUT2D eigenvalue weighted by atomic mass is 9.95. The van der Waals surface area contributed by atoms with Crippen LogP contribution in [0, 0.1) is 0 Å². The van der Waals surface area contributed by atoms with Gasteiger partial charge in [0.25, 0.3) is 6.29 Å². The molecule has 0 N–H and O–H groups in total. The Morgan fingerprint density at radius 1 is 0.571 bits per heavy atom. The topological polar surface area (TPSA) is 17.1 Å². The first-order valence-corrected chi connectivity index (χ1v) is 4.54. The van der Waals surface area contributed by atoms with Crippen molar-refractivity contribution in [2.45, 2.75) is 35.0 Å². The molecule has 0 aromatic carbocycles. The highest BCUT2D eigenvalue weighted by atomic mass is 35.5. The third-order valence-corrected chi connectivity index (χ3v) is 2.38. The van der Waals surface area contributed by atoms with Crippen LogP contribution in [0.1, 0.15) is 0 Å². The fourth-order valence-corrected chi connectivity index (χ4v) is 0.952. The van der Waals surface area contributed by atoms with Crippen molar-refractivity contribution in [3.8, 4) is 0 Å². The fourth-order valence-electron chi connectivity index (χ4n) is 0.834. The van der Waals surface area contributed by atoms with Gasteiger partial charge in [0.15, 0.2) is 0 Å². The Bertz CT molecular complexity index is 410. The van der Waals surface area contributed by atoms with Crippen LogP contribution in [0.15, 0.2) is 0 Å². The molecule has 0 aliphatic carbocycles. The second kappa shape index (κ2) is 4.81. The van der Waals surface area contributed by atoms with Crippen molar-refractivity contribution in [1.29, 1.82) is 0 Å². The summed E-state index contributed by atoms with van der Waals surface area (Å²) in [6.07, 6.45) is -8.07. The van der Waals surface area contributed by atoms with Gasteiger partial charge >= 0.3 is 35.0 Å². The van der Waals surface area contributed by atoms with Crippen molar-refractivity contribution in [3.63, 3.8) is 0 Å². The average molecular weight is 364 g/mol. The molecule has 1 radical (unpaired) electrons. The van der Waals surface area contributed by atoms with Gasteiger partial charge in [0.05, 0.1) is 0 Å². The van der Waals surface area contributed by atoms with Crippen LogP contribution in [0.5, 0.6) is 0 Å². The molecule has 0 rings (SSSR count). The predicted octanol–water partition coefficient (Wildman–Crippen LogP) is 4.10. The van der Waals surface area contributed by atoms with Gasteiger partial charge in [-0.25, -0.2) is 4.39 Å². The van der Waals surface area contributed by atoms with Gasteiger partial charge in [0, 0.05) is 0 Å². The maximum atomic E-state index is 12.7. The first-order chi connectivity index (χ1) is 8.81. The zero-order valence-electron chi connectivity index (χ0n) is 8.82. The van der Waals surface area contributed by atoms with Crippen molar-refractivity contribution >= 4 is 17.9 Å². The summed E-state index contributed by atoms with van der Waals surface area (Å²) >= 11 is 3.79. The number of hydrogen-bond acceptors (Lipinski definition) is 1. The minimum absolute atomic E-state index is 0.691. The Labute approximate surface area is 111 Å². The van der Waals surface area contributed by atoms with Gasteiger partial charge in [-0.05, 0) is 0 Å². The molecule has 14 heteroatoms. The Hall–Kier alpha value is -0.880. The largest absolute Gasteiger partial charge is 0.460 e. The van der Waals surface area contributed by atoms with Gasteiger partial charge in [-0.15, -0.1) is 0 Å². The highest BCUT2D eigenvalue weighted by Gasteiger charge is 2.90. The Morgan fingerprint density at radius 3 is 1.10 bits per heavy atom. The van der Waals surface area contributed by atoms with Crippen molar-refractivity contribution in [2.24, 2.45) is 0 Å². The number of halogens is 13. The normalized spacial score (nSPS) is 18.3. The van der Waals surface area contributed by atoms with Gasteiger partial charge < -0.3 is 0 Å². The summed E-state index contributed by atoms with van der Waals surface area (Å²) in [7, 11) is 0. The van der Waals surface area contributed by atoms with E-state index in [1.54, 1.807) is 0 Å². The SMILES string of the molecule is O=[C]C(F)(Cl)C(F)(F)C(F)(F)C(F)(F)C(F)(F)C(F)(F)F. The van der Waals surface area contributed by atoms with Gasteiger partial charge in [0.2, 0.25) is 0 Å². The second-order valence-corrected chi connectivity index (χ2v) is 3.99. The third-order valence-electron chi connectivity index (χ3n) is 2.06. The van der Waals surface area contributed by atoms with Crippen molar-refractivity contribution in [1.82, 2.24) is 0 Å². The number of alkyl halides is 13. The molecule has 1 nitrogen and oxygen atoms in total. The minimum Gasteiger partial charge on any atom is -0.285 e. The molecule has 1 atom stereocenters. The van der Waals surface area contributed by atoms with Crippen LogP contribution in [-0.4, -0.2) is 41.3 Å². The molecule has 0 aliphatic rings. The summed E-state index contributed by atoms with van der Waals surface area (Å²) in [5, 5.41) is -5.78. The molecule has 0 saturated heterocycles. The van der Waals surface area contributed by atoms with Crippen molar-refractivity contribution in [2.75, 3.05) is 0 Å². The molecule has 0 aromatic rings. The van der Waals surface area contributed by atoms with E-state index in [0.29, 0.717) is 0 Å². The van der Waals surface area contributed by atoms with Crippen LogP contribution < -0.4 is 0 Å². The van der Waals surface area contributed by atoms with E-state index in [1.807, 2.05) is 0 Å². The van der Waals surface area contributed by atoms with Crippen molar-refractivity contribution < 1.29 is 57.5 Å². The Balaban J connectivity index is 6.20. The highest BCUT2D eigenvalue weighted by Crippen LogP contribution is 2.60. The number of carbonyl (C=O) groups excluding carboxylic acids is 1. The fraction of sp³-hybridized carbons (Fsp3) is 0.857. The molecule has 0 saturated carbocycles. The third kappa shape index (κ3) is 2.52. The van der Waals surface area contributed by atoms with E-state index in [1.165, 1.54) is 0 Å². The quantitative estimate of drug-likeness (QED) is 0.531. The molecule has 0 aromatic heterocycles. The monoisotopic (exact) mass is 363 g/mol. The number of rotatable bonds is 5. The molecule has 0 fully saturated rings. The zero-order chi connectivity index (χ0) is 17.7. The summed E-state index contributed by atoms with van der Waals surface area (Å²) < 4.78 is 148. The summed E-state index contributed by atoms with van der Waals surface area (Å²) in [5.74, 6) is -30.3. The van der Waals surface area contributed by atoms with Crippen LogP contribution in [0.2, 0.25) is 0 Å². The van der Waals surface area contributed by atoms with E-state index in [0.717, 1.165) is 0 Å². The second-order valence-electron chi connectivity index (χ2n) is 3.47. The van der Waals surface area contributed by atoms with E-state index in [-0.39, 0.29) is 0 Å². The van der Waals surface area contributed by atoms with Gasteiger partial charge in [-0.1, -0.05) is 11.6 Å². The van der Waals surface area contributed by atoms with Gasteiger partial charge in [-0.2, -0.15) is 48.3 Å². The molecule has 0 aliphatic heterocycles. The maximum absolute atomic E-state index is 12.7. The minimum atomic E-state index is -7.83. The molecule has 125 valence electrons.